The van der Waals surface area contributed by atoms with Crippen LogP contribution in [0.2, 0.25) is 5.02 Å². The van der Waals surface area contributed by atoms with E-state index in [1.807, 2.05) is 6.07 Å². The summed E-state index contributed by atoms with van der Waals surface area (Å²) in [6, 6.07) is 10.2. The first-order chi connectivity index (χ1) is 11.5. The van der Waals surface area contributed by atoms with Crippen molar-refractivity contribution in [1.82, 2.24) is 5.32 Å². The first kappa shape index (κ1) is 18.0. The minimum atomic E-state index is -0.941. The van der Waals surface area contributed by atoms with Crippen LogP contribution in [0.15, 0.2) is 40.8 Å². The highest BCUT2D eigenvalue weighted by molar-refractivity contribution is 6.33. The van der Waals surface area contributed by atoms with Crippen LogP contribution in [0, 0.1) is 0 Å². The van der Waals surface area contributed by atoms with Gasteiger partial charge in [0.2, 0.25) is 5.76 Å². The molecule has 1 N–H and O–H groups in total. The van der Waals surface area contributed by atoms with E-state index in [0.29, 0.717) is 29.5 Å². The van der Waals surface area contributed by atoms with Crippen molar-refractivity contribution in [3.05, 3.63) is 47.2 Å². The normalized spacial score (nSPS) is 11.8. The molecule has 7 heteroatoms. The summed E-state index contributed by atoms with van der Waals surface area (Å²) in [4.78, 5) is 23.8. The Balaban J connectivity index is 1.98. The molecule has 24 heavy (non-hydrogen) atoms. The molecule has 2 aromatic rings. The fraction of sp³-hybridized carbons (Fsp3) is 0.294. The summed E-state index contributed by atoms with van der Waals surface area (Å²) in [5, 5.41) is 3.10. The molecule has 1 aromatic carbocycles. The van der Waals surface area contributed by atoms with Crippen LogP contribution in [0.5, 0.6) is 0 Å². The molecule has 0 saturated carbocycles. The molecule has 0 bridgehead atoms. The van der Waals surface area contributed by atoms with Gasteiger partial charge in [-0.15, -0.1) is 0 Å². The summed E-state index contributed by atoms with van der Waals surface area (Å²) in [5.41, 5.74) is 0.670. The van der Waals surface area contributed by atoms with Crippen LogP contribution >= 0.6 is 11.6 Å². The Hall–Kier alpha value is -2.31. The van der Waals surface area contributed by atoms with Gasteiger partial charge < -0.3 is 19.2 Å². The lowest BCUT2D eigenvalue weighted by atomic mass is 10.2. The molecule has 128 valence electrons. The molecule has 0 aliphatic heterocycles. The fourth-order valence-corrected chi connectivity index (χ4v) is 2.17. The van der Waals surface area contributed by atoms with E-state index in [0.717, 1.165) is 0 Å². The topological polar surface area (TPSA) is 77.8 Å². The highest BCUT2D eigenvalue weighted by atomic mass is 35.5. The lowest BCUT2D eigenvalue weighted by molar-refractivity contribution is -0.129. The molecule has 0 spiro atoms. The number of esters is 1. The number of rotatable bonds is 7. The summed E-state index contributed by atoms with van der Waals surface area (Å²) < 4.78 is 15.4. The highest BCUT2D eigenvalue weighted by Gasteiger charge is 2.21. The predicted molar refractivity (Wildman–Crippen MR) is 88.9 cm³/mol. The van der Waals surface area contributed by atoms with Gasteiger partial charge in [0, 0.05) is 19.2 Å². The van der Waals surface area contributed by atoms with Crippen LogP contribution in [0.1, 0.15) is 17.5 Å². The maximum absolute atomic E-state index is 12.1. The van der Waals surface area contributed by atoms with Crippen LogP contribution in [-0.4, -0.2) is 38.2 Å². The van der Waals surface area contributed by atoms with E-state index >= 15 is 0 Å². The predicted octanol–water partition coefficient (Wildman–Crippen LogP) is 2.91. The summed E-state index contributed by atoms with van der Waals surface area (Å²) >= 11 is 6.09. The lowest BCUT2D eigenvalue weighted by Crippen LogP contribution is -2.37. The molecule has 1 aromatic heterocycles. The Morgan fingerprint density at radius 2 is 2.00 bits per heavy atom. The number of carbonyl (C=O) groups excluding carboxylic acids is 2. The minimum absolute atomic E-state index is 0.00135. The van der Waals surface area contributed by atoms with Gasteiger partial charge >= 0.3 is 5.97 Å². The van der Waals surface area contributed by atoms with Gasteiger partial charge in [-0.1, -0.05) is 23.7 Å². The SMILES string of the molecule is COCCNC(=O)[C@H](C)OC(=O)c1ccc(-c2ccccc2Cl)o1. The number of furan rings is 1. The lowest BCUT2D eigenvalue weighted by Gasteiger charge is -2.12. The molecule has 0 saturated heterocycles. The monoisotopic (exact) mass is 351 g/mol. The Morgan fingerprint density at radius 1 is 1.25 bits per heavy atom. The summed E-state index contributed by atoms with van der Waals surface area (Å²) in [7, 11) is 1.53. The Labute approximate surface area is 144 Å². The highest BCUT2D eigenvalue weighted by Crippen LogP contribution is 2.29. The quantitative estimate of drug-likeness (QED) is 0.613. The van der Waals surface area contributed by atoms with Gasteiger partial charge in [-0.25, -0.2) is 4.79 Å². The zero-order chi connectivity index (χ0) is 17.5. The van der Waals surface area contributed by atoms with Crippen LogP contribution in [0.4, 0.5) is 0 Å². The van der Waals surface area contributed by atoms with E-state index in [1.54, 1.807) is 24.3 Å². The molecule has 0 unspecified atom stereocenters. The first-order valence-corrected chi connectivity index (χ1v) is 7.73. The second-order valence-corrected chi connectivity index (χ2v) is 5.38. The third kappa shape index (κ3) is 4.59. The van der Waals surface area contributed by atoms with Crippen molar-refractivity contribution in [1.29, 1.82) is 0 Å². The van der Waals surface area contributed by atoms with Gasteiger partial charge in [-0.2, -0.15) is 0 Å². The number of ether oxygens (including phenoxy) is 2. The number of hydrogen-bond acceptors (Lipinski definition) is 5. The molecule has 0 aliphatic carbocycles. The van der Waals surface area contributed by atoms with E-state index in [4.69, 9.17) is 25.5 Å². The van der Waals surface area contributed by atoms with E-state index in [9.17, 15) is 9.59 Å². The van der Waals surface area contributed by atoms with Crippen molar-refractivity contribution >= 4 is 23.5 Å². The standard InChI is InChI=1S/C17H18ClNO5/c1-11(16(20)19-9-10-22-2)23-17(21)15-8-7-14(24-15)12-5-3-4-6-13(12)18/h3-8,11H,9-10H2,1-2H3,(H,19,20)/t11-/m0/s1. The fourth-order valence-electron chi connectivity index (χ4n) is 1.95. The third-order valence-corrected chi connectivity index (χ3v) is 3.53. The average molecular weight is 352 g/mol. The van der Waals surface area contributed by atoms with Gasteiger partial charge in [-0.3, -0.25) is 4.79 Å². The molecule has 2 rings (SSSR count). The van der Waals surface area contributed by atoms with Gasteiger partial charge in [0.25, 0.3) is 5.91 Å². The Morgan fingerprint density at radius 3 is 2.71 bits per heavy atom. The molecular formula is C17H18ClNO5. The smallest absolute Gasteiger partial charge is 0.375 e. The minimum Gasteiger partial charge on any atom is -0.449 e. The Kier molecular flexibility index (Phi) is 6.40. The molecule has 0 aliphatic rings. The van der Waals surface area contributed by atoms with E-state index in [2.05, 4.69) is 5.32 Å². The second kappa shape index (κ2) is 8.52. The Bertz CT molecular complexity index is 713. The first-order valence-electron chi connectivity index (χ1n) is 7.35. The molecular weight excluding hydrogens is 334 g/mol. The van der Waals surface area contributed by atoms with Crippen LogP contribution in [0.3, 0.4) is 0 Å². The second-order valence-electron chi connectivity index (χ2n) is 4.98. The summed E-state index contributed by atoms with van der Waals surface area (Å²) in [6.45, 7) is 2.21. The number of methoxy groups -OCH3 is 1. The number of nitrogens with one attached hydrogen (secondary N) is 1. The maximum atomic E-state index is 12.1. The van der Waals surface area contributed by atoms with Crippen molar-refractivity contribution in [3.63, 3.8) is 0 Å². The van der Waals surface area contributed by atoms with Gasteiger partial charge in [-0.05, 0) is 31.2 Å². The number of benzene rings is 1. The number of carbonyl (C=O) groups is 2. The largest absolute Gasteiger partial charge is 0.449 e. The number of amides is 1. The average Bonchev–Trinajstić information content (AvgIpc) is 3.05. The van der Waals surface area contributed by atoms with Crippen LogP contribution < -0.4 is 5.32 Å². The van der Waals surface area contributed by atoms with E-state index in [1.165, 1.54) is 20.1 Å². The zero-order valence-electron chi connectivity index (χ0n) is 13.4. The number of hydrogen-bond donors (Lipinski definition) is 1. The molecule has 1 heterocycles. The van der Waals surface area contributed by atoms with Crippen molar-refractivity contribution in [2.45, 2.75) is 13.0 Å². The van der Waals surface area contributed by atoms with Gasteiger partial charge in [0.1, 0.15) is 5.76 Å². The third-order valence-electron chi connectivity index (χ3n) is 3.20. The molecule has 6 nitrogen and oxygen atoms in total. The maximum Gasteiger partial charge on any atom is 0.375 e. The van der Waals surface area contributed by atoms with Crippen molar-refractivity contribution in [2.24, 2.45) is 0 Å². The van der Waals surface area contributed by atoms with E-state index < -0.39 is 18.0 Å². The van der Waals surface area contributed by atoms with Gasteiger partial charge in [0.15, 0.2) is 6.10 Å². The number of halogens is 1. The summed E-state index contributed by atoms with van der Waals surface area (Å²) in [6.07, 6.45) is -0.941. The zero-order valence-corrected chi connectivity index (χ0v) is 14.1. The molecule has 0 fully saturated rings. The van der Waals surface area contributed by atoms with E-state index in [-0.39, 0.29) is 5.76 Å². The van der Waals surface area contributed by atoms with Crippen molar-refractivity contribution in [2.75, 3.05) is 20.3 Å². The molecule has 1 amide bonds. The molecule has 0 radical (unpaired) electrons. The van der Waals surface area contributed by atoms with Crippen molar-refractivity contribution < 1.29 is 23.5 Å². The summed E-state index contributed by atoms with van der Waals surface area (Å²) in [5.74, 6) is -0.674. The van der Waals surface area contributed by atoms with Gasteiger partial charge in [0.05, 0.1) is 11.6 Å². The van der Waals surface area contributed by atoms with Crippen LogP contribution in [-0.2, 0) is 14.3 Å². The molecule has 1 atom stereocenters. The van der Waals surface area contributed by atoms with Crippen LogP contribution in [0.25, 0.3) is 11.3 Å². The van der Waals surface area contributed by atoms with Crippen molar-refractivity contribution in [3.8, 4) is 11.3 Å².